The monoisotopic (exact) mass is 401 g/mol. The van der Waals surface area contributed by atoms with Crippen molar-refractivity contribution in [3.05, 3.63) is 88.4 Å². The fourth-order valence-corrected chi connectivity index (χ4v) is 4.18. The molecule has 0 spiro atoms. The molecule has 0 heterocycles. The van der Waals surface area contributed by atoms with E-state index in [1.807, 2.05) is 45.0 Å². The zero-order valence-corrected chi connectivity index (χ0v) is 17.1. The van der Waals surface area contributed by atoms with Crippen LogP contribution in [0.15, 0.2) is 66.7 Å². The van der Waals surface area contributed by atoms with Crippen molar-refractivity contribution in [3.8, 4) is 11.5 Å². The lowest BCUT2D eigenvalue weighted by Crippen LogP contribution is -2.11. The summed E-state index contributed by atoms with van der Waals surface area (Å²) in [6, 6.07) is 20.0. The molecule has 6 heteroatoms. The van der Waals surface area contributed by atoms with Crippen molar-refractivity contribution in [2.45, 2.75) is 20.8 Å². The Morgan fingerprint density at radius 3 is 1.85 bits per heavy atom. The Morgan fingerprint density at radius 1 is 0.815 bits per heavy atom. The highest BCUT2D eigenvalue weighted by Crippen LogP contribution is 2.49. The van der Waals surface area contributed by atoms with E-state index >= 15 is 0 Å². The molecule has 0 aliphatic rings. The van der Waals surface area contributed by atoms with Crippen molar-refractivity contribution in [1.82, 2.24) is 0 Å². The van der Waals surface area contributed by atoms with E-state index in [1.54, 1.807) is 42.5 Å². The quantitative estimate of drug-likeness (QED) is 0.454. The summed E-state index contributed by atoms with van der Waals surface area (Å²) in [5, 5.41) is 3.49. The molecule has 0 saturated carbocycles. The molecular formula is C21H21ClNO3P. The van der Waals surface area contributed by atoms with E-state index in [9.17, 15) is 4.57 Å². The zero-order chi connectivity index (χ0) is 19.4. The molecule has 0 atom stereocenters. The molecule has 3 aromatic carbocycles. The first-order valence-electron chi connectivity index (χ1n) is 8.51. The van der Waals surface area contributed by atoms with Gasteiger partial charge in [0.15, 0.2) is 0 Å². The summed E-state index contributed by atoms with van der Waals surface area (Å²) in [5.74, 6) is 0.913. The number of halogens is 1. The molecule has 4 nitrogen and oxygen atoms in total. The second-order valence-electron chi connectivity index (χ2n) is 6.34. The number of benzene rings is 3. The highest BCUT2D eigenvalue weighted by atomic mass is 35.5. The number of hydrogen-bond donors (Lipinski definition) is 1. The summed E-state index contributed by atoms with van der Waals surface area (Å²) >= 11 is 6.19. The van der Waals surface area contributed by atoms with Gasteiger partial charge in [-0.25, -0.2) is 4.57 Å². The summed E-state index contributed by atoms with van der Waals surface area (Å²) in [6.07, 6.45) is 0. The van der Waals surface area contributed by atoms with Gasteiger partial charge < -0.3 is 9.05 Å². The van der Waals surface area contributed by atoms with Crippen LogP contribution in [0.1, 0.15) is 16.7 Å². The molecule has 27 heavy (non-hydrogen) atoms. The van der Waals surface area contributed by atoms with Crippen molar-refractivity contribution in [3.63, 3.8) is 0 Å². The minimum atomic E-state index is -3.78. The molecule has 0 radical (unpaired) electrons. The van der Waals surface area contributed by atoms with E-state index in [-0.39, 0.29) is 0 Å². The van der Waals surface area contributed by atoms with Gasteiger partial charge in [-0.1, -0.05) is 41.9 Å². The van der Waals surface area contributed by atoms with Crippen molar-refractivity contribution < 1.29 is 13.6 Å². The third-order valence-corrected chi connectivity index (χ3v) is 5.78. The lowest BCUT2D eigenvalue weighted by atomic mass is 10.2. The zero-order valence-electron chi connectivity index (χ0n) is 15.4. The summed E-state index contributed by atoms with van der Waals surface area (Å²) in [5.41, 5.74) is 3.34. The van der Waals surface area contributed by atoms with E-state index < -0.39 is 7.75 Å². The standard InChI is InChI=1S/C21H21ClNO3P/c1-15-7-4-9-18(13-15)25-27(24,26-19-10-5-8-16(2)14-19)23-21-12-6-11-20(22)17(21)3/h4-14H,1-3H3,(H,23,24). The van der Waals surface area contributed by atoms with Crippen LogP contribution in [0.4, 0.5) is 5.69 Å². The van der Waals surface area contributed by atoms with Crippen LogP contribution >= 0.6 is 19.3 Å². The summed E-state index contributed by atoms with van der Waals surface area (Å²) in [4.78, 5) is 0. The number of nitrogens with one attached hydrogen (secondary N) is 1. The van der Waals surface area contributed by atoms with Gasteiger partial charge in [0.2, 0.25) is 0 Å². The molecule has 140 valence electrons. The maximum absolute atomic E-state index is 13.6. The molecule has 0 bridgehead atoms. The van der Waals surface area contributed by atoms with Gasteiger partial charge in [-0.05, 0) is 73.9 Å². The van der Waals surface area contributed by atoms with Gasteiger partial charge >= 0.3 is 7.75 Å². The molecule has 0 fully saturated rings. The van der Waals surface area contributed by atoms with Crippen molar-refractivity contribution >= 4 is 25.0 Å². The molecule has 0 aliphatic carbocycles. The Labute approximate surface area is 164 Å². The first-order chi connectivity index (χ1) is 12.8. The van der Waals surface area contributed by atoms with Crippen molar-refractivity contribution in [1.29, 1.82) is 0 Å². The summed E-state index contributed by atoms with van der Waals surface area (Å²) in [7, 11) is -3.78. The maximum atomic E-state index is 13.6. The Balaban J connectivity index is 1.96. The van der Waals surface area contributed by atoms with Gasteiger partial charge in [-0.3, -0.25) is 5.09 Å². The van der Waals surface area contributed by atoms with E-state index in [2.05, 4.69) is 5.09 Å². The van der Waals surface area contributed by atoms with E-state index in [1.165, 1.54) is 0 Å². The largest absolute Gasteiger partial charge is 0.541 e. The summed E-state index contributed by atoms with van der Waals surface area (Å²) < 4.78 is 25.2. The molecule has 0 amide bonds. The van der Waals surface area contributed by atoms with Crippen LogP contribution in [0, 0.1) is 20.8 Å². The normalized spacial score (nSPS) is 11.1. The molecule has 1 N–H and O–H groups in total. The van der Waals surface area contributed by atoms with Crippen molar-refractivity contribution in [2.75, 3.05) is 5.09 Å². The second-order valence-corrected chi connectivity index (χ2v) is 8.33. The highest BCUT2D eigenvalue weighted by Gasteiger charge is 2.30. The number of anilines is 1. The van der Waals surface area contributed by atoms with Gasteiger partial charge in [-0.2, -0.15) is 0 Å². The molecular weight excluding hydrogens is 381 g/mol. The Bertz CT molecular complexity index is 955. The second kappa shape index (κ2) is 8.08. The Hall–Kier alpha value is -2.42. The van der Waals surface area contributed by atoms with Crippen LogP contribution in [0.5, 0.6) is 11.5 Å². The summed E-state index contributed by atoms with van der Waals surface area (Å²) in [6.45, 7) is 5.72. The van der Waals surface area contributed by atoms with Crippen LogP contribution in [0.25, 0.3) is 0 Å². The average Bonchev–Trinajstić information content (AvgIpc) is 2.59. The minimum Gasteiger partial charge on any atom is -0.400 e. The lowest BCUT2D eigenvalue weighted by molar-refractivity contribution is 0.392. The van der Waals surface area contributed by atoms with Crippen LogP contribution < -0.4 is 14.1 Å². The third kappa shape index (κ3) is 5.06. The first-order valence-corrected chi connectivity index (χ1v) is 10.4. The SMILES string of the molecule is Cc1cccc(OP(=O)(Nc2cccc(Cl)c2C)Oc2cccc(C)c2)c1. The fourth-order valence-electron chi connectivity index (χ4n) is 2.56. The minimum absolute atomic E-state index is 0.457. The van der Waals surface area contributed by atoms with Crippen molar-refractivity contribution in [2.24, 2.45) is 0 Å². The van der Waals surface area contributed by atoms with E-state index in [0.29, 0.717) is 22.2 Å². The Morgan fingerprint density at radius 2 is 1.33 bits per heavy atom. The van der Waals surface area contributed by atoms with Crippen LogP contribution in [0.3, 0.4) is 0 Å². The van der Waals surface area contributed by atoms with Gasteiger partial charge in [0, 0.05) is 10.7 Å². The average molecular weight is 402 g/mol. The highest BCUT2D eigenvalue weighted by molar-refractivity contribution is 7.56. The van der Waals surface area contributed by atoms with Crippen LogP contribution in [0.2, 0.25) is 5.02 Å². The predicted molar refractivity (Wildman–Crippen MR) is 111 cm³/mol. The molecule has 0 unspecified atom stereocenters. The van der Waals surface area contributed by atoms with Gasteiger partial charge in [-0.15, -0.1) is 0 Å². The number of aryl methyl sites for hydroxylation is 2. The Kier molecular flexibility index (Phi) is 5.79. The molecule has 3 aromatic rings. The van der Waals surface area contributed by atoms with Gasteiger partial charge in [0.05, 0.1) is 0 Å². The topological polar surface area (TPSA) is 47.6 Å². The maximum Gasteiger partial charge on any atom is 0.541 e. The molecule has 0 aliphatic heterocycles. The molecule has 0 saturated heterocycles. The van der Waals surface area contributed by atoms with Gasteiger partial charge in [0.25, 0.3) is 0 Å². The third-order valence-electron chi connectivity index (χ3n) is 3.96. The molecule has 0 aromatic heterocycles. The number of rotatable bonds is 6. The lowest BCUT2D eigenvalue weighted by Gasteiger charge is -2.22. The predicted octanol–water partition coefficient (Wildman–Crippen LogP) is 6.94. The fraction of sp³-hybridized carbons (Fsp3) is 0.143. The van der Waals surface area contributed by atoms with E-state index in [4.69, 9.17) is 20.6 Å². The first kappa shape index (κ1) is 19.3. The van der Waals surface area contributed by atoms with Gasteiger partial charge in [0.1, 0.15) is 11.5 Å². The molecule has 3 rings (SSSR count). The smallest absolute Gasteiger partial charge is 0.400 e. The van der Waals surface area contributed by atoms with Crippen LogP contribution in [-0.4, -0.2) is 0 Å². The van der Waals surface area contributed by atoms with Crippen LogP contribution in [-0.2, 0) is 4.57 Å². The number of hydrogen-bond acceptors (Lipinski definition) is 3. The van der Waals surface area contributed by atoms with E-state index in [0.717, 1.165) is 16.7 Å².